The van der Waals surface area contributed by atoms with E-state index in [1.165, 1.54) is 5.69 Å². The van der Waals surface area contributed by atoms with Crippen molar-refractivity contribution >= 4 is 11.6 Å². The molecule has 1 fully saturated rings. The Bertz CT molecular complexity index is 672. The van der Waals surface area contributed by atoms with Crippen LogP contribution in [-0.2, 0) is 6.54 Å². The molecule has 0 radical (unpaired) electrons. The number of rotatable bonds is 5. The molecule has 2 aromatic rings. The first kappa shape index (κ1) is 16.6. The number of carbonyl (C=O) groups excluding carboxylic acids is 1. The minimum Gasteiger partial charge on any atom is -0.371 e. The summed E-state index contributed by atoms with van der Waals surface area (Å²) in [5, 5.41) is 7.50. The Kier molecular flexibility index (Phi) is 5.18. The number of benzene rings is 1. The van der Waals surface area contributed by atoms with Crippen LogP contribution < -0.4 is 10.2 Å². The van der Waals surface area contributed by atoms with Gasteiger partial charge in [-0.1, -0.05) is 25.1 Å². The fourth-order valence-electron chi connectivity index (χ4n) is 3.29. The average Bonchev–Trinajstić information content (AvgIpc) is 2.98. The van der Waals surface area contributed by atoms with Gasteiger partial charge in [0.15, 0.2) is 0 Å². The molecular weight excluding hydrogens is 300 g/mol. The molecule has 5 heteroatoms. The number of hydrogen-bond acceptors (Lipinski definition) is 3. The molecule has 1 aliphatic rings. The molecule has 1 amide bonds. The lowest BCUT2D eigenvalue weighted by molar-refractivity contribution is 0.0930. The zero-order valence-electron chi connectivity index (χ0n) is 14.5. The van der Waals surface area contributed by atoms with Gasteiger partial charge in [0.05, 0.1) is 11.8 Å². The van der Waals surface area contributed by atoms with E-state index in [0.29, 0.717) is 5.56 Å². The quantitative estimate of drug-likeness (QED) is 0.919. The highest BCUT2D eigenvalue weighted by atomic mass is 16.1. The highest BCUT2D eigenvalue weighted by Crippen LogP contribution is 2.20. The number of piperidine rings is 1. The maximum absolute atomic E-state index is 12.5. The smallest absolute Gasteiger partial charge is 0.254 e. The Labute approximate surface area is 143 Å². The van der Waals surface area contributed by atoms with Crippen LogP contribution in [0.2, 0.25) is 0 Å². The van der Waals surface area contributed by atoms with Crippen molar-refractivity contribution < 1.29 is 4.79 Å². The number of carbonyl (C=O) groups is 1. The maximum Gasteiger partial charge on any atom is 0.254 e. The second kappa shape index (κ2) is 7.51. The molecule has 1 N–H and O–H groups in total. The highest BCUT2D eigenvalue weighted by molar-refractivity contribution is 5.95. The Balaban J connectivity index is 1.55. The van der Waals surface area contributed by atoms with Crippen LogP contribution >= 0.6 is 0 Å². The molecule has 0 unspecified atom stereocenters. The molecule has 0 bridgehead atoms. The van der Waals surface area contributed by atoms with Crippen LogP contribution in [0.3, 0.4) is 0 Å². The molecule has 0 saturated carbocycles. The molecule has 0 aliphatic carbocycles. The molecule has 1 aliphatic heterocycles. The predicted molar refractivity (Wildman–Crippen MR) is 96.4 cm³/mol. The molecule has 1 aromatic carbocycles. The molecule has 3 rings (SSSR count). The largest absolute Gasteiger partial charge is 0.371 e. The first-order chi connectivity index (χ1) is 11.7. The number of nitrogens with one attached hydrogen (secondary N) is 1. The summed E-state index contributed by atoms with van der Waals surface area (Å²) in [6.45, 7) is 6.89. The van der Waals surface area contributed by atoms with Gasteiger partial charge in [-0.3, -0.25) is 9.48 Å². The maximum atomic E-state index is 12.5. The third kappa shape index (κ3) is 3.61. The van der Waals surface area contributed by atoms with E-state index in [4.69, 9.17) is 0 Å². The zero-order valence-corrected chi connectivity index (χ0v) is 14.5. The second-order valence-corrected chi connectivity index (χ2v) is 6.44. The predicted octanol–water partition coefficient (Wildman–Crippen LogP) is 3.00. The molecule has 128 valence electrons. The van der Waals surface area contributed by atoms with Crippen LogP contribution in [0, 0.1) is 6.92 Å². The highest BCUT2D eigenvalue weighted by Gasteiger charge is 2.22. The van der Waals surface area contributed by atoms with Gasteiger partial charge in [-0.25, -0.2) is 0 Å². The minimum atomic E-state index is 0.00742. The van der Waals surface area contributed by atoms with Crippen LogP contribution in [0.25, 0.3) is 0 Å². The van der Waals surface area contributed by atoms with Crippen LogP contribution in [-0.4, -0.2) is 34.8 Å². The van der Waals surface area contributed by atoms with Gasteiger partial charge >= 0.3 is 0 Å². The molecule has 24 heavy (non-hydrogen) atoms. The lowest BCUT2D eigenvalue weighted by Gasteiger charge is -2.34. The first-order valence-electron chi connectivity index (χ1n) is 8.82. The Morgan fingerprint density at radius 1 is 1.25 bits per heavy atom. The van der Waals surface area contributed by atoms with Crippen molar-refractivity contribution in [3.8, 4) is 0 Å². The number of para-hydroxylation sites is 1. The lowest BCUT2D eigenvalue weighted by Crippen LogP contribution is -2.44. The van der Waals surface area contributed by atoms with Crippen LogP contribution in [0.5, 0.6) is 0 Å². The third-order valence-corrected chi connectivity index (χ3v) is 4.73. The van der Waals surface area contributed by atoms with E-state index in [2.05, 4.69) is 46.5 Å². The second-order valence-electron chi connectivity index (χ2n) is 6.44. The van der Waals surface area contributed by atoms with E-state index in [1.807, 2.05) is 17.7 Å². The SMILES string of the molecule is CCCn1ncc(C(=O)NC2CCN(c3ccccc3)CC2)c1C. The number of hydrogen-bond donors (Lipinski definition) is 1. The zero-order chi connectivity index (χ0) is 16.9. The Hall–Kier alpha value is -2.30. The first-order valence-corrected chi connectivity index (χ1v) is 8.82. The van der Waals surface area contributed by atoms with Crippen molar-refractivity contribution in [1.82, 2.24) is 15.1 Å². The van der Waals surface area contributed by atoms with Gasteiger partial charge in [-0.15, -0.1) is 0 Å². The summed E-state index contributed by atoms with van der Waals surface area (Å²) in [4.78, 5) is 14.9. The van der Waals surface area contributed by atoms with E-state index < -0.39 is 0 Å². The van der Waals surface area contributed by atoms with Gasteiger partial charge < -0.3 is 10.2 Å². The van der Waals surface area contributed by atoms with Gasteiger partial charge in [0.25, 0.3) is 5.91 Å². The van der Waals surface area contributed by atoms with Crippen molar-refractivity contribution in [3.05, 3.63) is 47.8 Å². The monoisotopic (exact) mass is 326 g/mol. The van der Waals surface area contributed by atoms with E-state index in [0.717, 1.165) is 44.6 Å². The van der Waals surface area contributed by atoms with Gasteiger partial charge in [-0.2, -0.15) is 5.10 Å². The van der Waals surface area contributed by atoms with Gasteiger partial charge in [0.1, 0.15) is 0 Å². The number of anilines is 1. The van der Waals surface area contributed by atoms with E-state index >= 15 is 0 Å². The molecule has 2 heterocycles. The minimum absolute atomic E-state index is 0.00742. The van der Waals surface area contributed by atoms with Crippen molar-refractivity contribution in [2.75, 3.05) is 18.0 Å². The van der Waals surface area contributed by atoms with Crippen molar-refractivity contribution in [2.45, 2.75) is 45.7 Å². The lowest BCUT2D eigenvalue weighted by atomic mass is 10.0. The van der Waals surface area contributed by atoms with Crippen molar-refractivity contribution in [2.24, 2.45) is 0 Å². The summed E-state index contributed by atoms with van der Waals surface area (Å²) >= 11 is 0. The number of nitrogens with zero attached hydrogens (tertiary/aromatic N) is 3. The third-order valence-electron chi connectivity index (χ3n) is 4.73. The Morgan fingerprint density at radius 3 is 2.62 bits per heavy atom. The normalized spacial score (nSPS) is 15.5. The van der Waals surface area contributed by atoms with E-state index in [1.54, 1.807) is 6.20 Å². The molecular formula is C19H26N4O. The van der Waals surface area contributed by atoms with Crippen molar-refractivity contribution in [1.29, 1.82) is 0 Å². The topological polar surface area (TPSA) is 50.2 Å². The van der Waals surface area contributed by atoms with Gasteiger partial charge in [-0.05, 0) is 38.3 Å². The standard InChI is InChI=1S/C19H26N4O/c1-3-11-23-15(2)18(14-20-23)19(24)21-16-9-12-22(13-10-16)17-7-5-4-6-8-17/h4-8,14,16H,3,9-13H2,1-2H3,(H,21,24). The molecule has 0 spiro atoms. The van der Waals surface area contributed by atoms with Crippen LogP contribution in [0.15, 0.2) is 36.5 Å². The summed E-state index contributed by atoms with van der Waals surface area (Å²) in [7, 11) is 0. The van der Waals surface area contributed by atoms with E-state index in [9.17, 15) is 4.79 Å². The van der Waals surface area contributed by atoms with E-state index in [-0.39, 0.29) is 11.9 Å². The van der Waals surface area contributed by atoms with Crippen molar-refractivity contribution in [3.63, 3.8) is 0 Å². The summed E-state index contributed by atoms with van der Waals surface area (Å²) in [6.07, 6.45) is 4.66. The van der Waals surface area contributed by atoms with Gasteiger partial charge in [0, 0.05) is 37.1 Å². The summed E-state index contributed by atoms with van der Waals surface area (Å²) < 4.78 is 1.91. The van der Waals surface area contributed by atoms with Crippen LogP contribution in [0.4, 0.5) is 5.69 Å². The fraction of sp³-hybridized carbons (Fsp3) is 0.474. The number of amides is 1. The number of aromatic nitrogens is 2. The summed E-state index contributed by atoms with van der Waals surface area (Å²) in [6, 6.07) is 10.7. The Morgan fingerprint density at radius 2 is 1.96 bits per heavy atom. The summed E-state index contributed by atoms with van der Waals surface area (Å²) in [5.74, 6) is 0.00742. The molecule has 0 atom stereocenters. The average molecular weight is 326 g/mol. The number of aryl methyl sites for hydroxylation is 1. The molecule has 5 nitrogen and oxygen atoms in total. The molecule has 1 saturated heterocycles. The summed E-state index contributed by atoms with van der Waals surface area (Å²) in [5.41, 5.74) is 2.92. The fourth-order valence-corrected chi connectivity index (χ4v) is 3.29. The van der Waals surface area contributed by atoms with Crippen LogP contribution in [0.1, 0.15) is 42.2 Å². The van der Waals surface area contributed by atoms with Gasteiger partial charge in [0.2, 0.25) is 0 Å². The molecule has 1 aromatic heterocycles.